The summed E-state index contributed by atoms with van der Waals surface area (Å²) in [5, 5.41) is 0. The van der Waals surface area contributed by atoms with E-state index < -0.39 is 0 Å². The highest BCUT2D eigenvalue weighted by Gasteiger charge is 2.55. The van der Waals surface area contributed by atoms with Crippen molar-refractivity contribution in [2.24, 2.45) is 17.3 Å². The SMILES string of the molecule is C1CCC23CCCC2C(C1)C3. The fraction of sp³-hybridized carbons (Fsp3) is 1.00. The maximum Gasteiger partial charge on any atom is -0.0264 e. The van der Waals surface area contributed by atoms with Crippen LogP contribution in [0.15, 0.2) is 0 Å². The van der Waals surface area contributed by atoms with Gasteiger partial charge in [-0.2, -0.15) is 0 Å². The van der Waals surface area contributed by atoms with Gasteiger partial charge in [-0.15, -0.1) is 0 Å². The molecule has 0 aliphatic heterocycles. The van der Waals surface area contributed by atoms with Crippen LogP contribution in [0.5, 0.6) is 0 Å². The number of fused-ring (bicyclic) bond motifs is 3. The molecule has 0 aromatic carbocycles. The van der Waals surface area contributed by atoms with E-state index in [-0.39, 0.29) is 0 Å². The predicted octanol–water partition coefficient (Wildman–Crippen LogP) is 3.37. The first-order chi connectivity index (χ1) is 5.41. The second-order valence-electron chi connectivity index (χ2n) is 5.07. The van der Waals surface area contributed by atoms with Crippen molar-refractivity contribution in [1.29, 1.82) is 0 Å². The summed E-state index contributed by atoms with van der Waals surface area (Å²) >= 11 is 0. The molecule has 62 valence electrons. The lowest BCUT2D eigenvalue weighted by Crippen LogP contribution is -2.42. The maximum atomic E-state index is 1.62. The summed E-state index contributed by atoms with van der Waals surface area (Å²) in [7, 11) is 0. The van der Waals surface area contributed by atoms with Crippen LogP contribution < -0.4 is 0 Å². The number of rotatable bonds is 0. The second kappa shape index (κ2) is 2.02. The molecular formula is C11H18. The van der Waals surface area contributed by atoms with Gasteiger partial charge in [0.1, 0.15) is 0 Å². The minimum Gasteiger partial charge on any atom is -0.0530 e. The van der Waals surface area contributed by atoms with E-state index in [4.69, 9.17) is 0 Å². The average molecular weight is 150 g/mol. The van der Waals surface area contributed by atoms with Gasteiger partial charge in [-0.25, -0.2) is 0 Å². The highest BCUT2D eigenvalue weighted by molar-refractivity contribution is 5.05. The van der Waals surface area contributed by atoms with Gasteiger partial charge in [0.2, 0.25) is 0 Å². The van der Waals surface area contributed by atoms with Crippen LogP contribution in [0.4, 0.5) is 0 Å². The zero-order valence-corrected chi connectivity index (χ0v) is 7.31. The molecule has 0 aromatic heterocycles. The van der Waals surface area contributed by atoms with E-state index >= 15 is 0 Å². The normalized spacial score (nSPS) is 54.5. The molecule has 4 fully saturated rings. The first-order valence-corrected chi connectivity index (χ1v) is 5.41. The summed E-state index contributed by atoms with van der Waals surface area (Å²) in [5.41, 5.74) is 0.918. The summed E-state index contributed by atoms with van der Waals surface area (Å²) in [6, 6.07) is 0. The quantitative estimate of drug-likeness (QED) is 0.496. The minimum atomic E-state index is 0.918. The Kier molecular flexibility index (Phi) is 1.20. The molecule has 1 spiro atoms. The van der Waals surface area contributed by atoms with E-state index in [9.17, 15) is 0 Å². The third kappa shape index (κ3) is 0.711. The van der Waals surface area contributed by atoms with Crippen LogP contribution in [-0.2, 0) is 0 Å². The second-order valence-corrected chi connectivity index (χ2v) is 5.07. The maximum absolute atomic E-state index is 1.62. The summed E-state index contributed by atoms with van der Waals surface area (Å²) in [4.78, 5) is 0. The van der Waals surface area contributed by atoms with Crippen molar-refractivity contribution >= 4 is 0 Å². The van der Waals surface area contributed by atoms with Crippen LogP contribution >= 0.6 is 0 Å². The standard InChI is InChI=1S/C11H18/c1-2-6-11-7-3-5-10(11)9(4-1)8-11/h9-10H,1-8H2. The van der Waals surface area contributed by atoms with E-state index in [2.05, 4.69) is 0 Å². The monoisotopic (exact) mass is 150 g/mol. The van der Waals surface area contributed by atoms with Crippen LogP contribution in [0.2, 0.25) is 0 Å². The topological polar surface area (TPSA) is 0 Å². The zero-order chi connectivity index (χ0) is 7.31. The van der Waals surface area contributed by atoms with Crippen molar-refractivity contribution in [3.8, 4) is 0 Å². The first-order valence-electron chi connectivity index (χ1n) is 5.41. The van der Waals surface area contributed by atoms with Crippen LogP contribution in [0.25, 0.3) is 0 Å². The highest BCUT2D eigenvalue weighted by atomic mass is 14.6. The molecule has 4 saturated carbocycles. The highest BCUT2D eigenvalue weighted by Crippen LogP contribution is 2.65. The largest absolute Gasteiger partial charge is 0.0530 e. The smallest absolute Gasteiger partial charge is 0.0264 e. The van der Waals surface area contributed by atoms with Gasteiger partial charge in [0, 0.05) is 0 Å². The summed E-state index contributed by atoms with van der Waals surface area (Å²) in [6.07, 6.45) is 12.6. The third-order valence-corrected chi connectivity index (χ3v) is 4.71. The molecule has 0 aromatic rings. The average Bonchev–Trinajstić information content (AvgIpc) is 2.26. The molecule has 0 radical (unpaired) electrons. The Morgan fingerprint density at radius 3 is 2.82 bits per heavy atom. The van der Waals surface area contributed by atoms with Crippen molar-refractivity contribution in [3.63, 3.8) is 0 Å². The Bertz CT molecular complexity index is 169. The minimum absolute atomic E-state index is 0.918. The van der Waals surface area contributed by atoms with E-state index in [1.54, 1.807) is 51.4 Å². The fourth-order valence-electron chi connectivity index (χ4n) is 4.26. The van der Waals surface area contributed by atoms with Gasteiger partial charge in [-0.1, -0.05) is 25.7 Å². The predicted molar refractivity (Wildman–Crippen MR) is 46.3 cm³/mol. The van der Waals surface area contributed by atoms with Crippen molar-refractivity contribution in [2.75, 3.05) is 0 Å². The molecule has 4 aliphatic rings. The van der Waals surface area contributed by atoms with Crippen molar-refractivity contribution in [2.45, 2.75) is 51.4 Å². The van der Waals surface area contributed by atoms with Crippen LogP contribution in [0.3, 0.4) is 0 Å². The Morgan fingerprint density at radius 1 is 0.909 bits per heavy atom. The first kappa shape index (κ1) is 6.51. The lowest BCUT2D eigenvalue weighted by molar-refractivity contribution is -0.00973. The molecule has 0 N–H and O–H groups in total. The lowest BCUT2D eigenvalue weighted by atomic mass is 9.55. The molecule has 0 heteroatoms. The van der Waals surface area contributed by atoms with Gasteiger partial charge in [0.25, 0.3) is 0 Å². The van der Waals surface area contributed by atoms with Gasteiger partial charge in [0.05, 0.1) is 0 Å². The molecule has 4 aliphatic carbocycles. The molecule has 2 bridgehead atoms. The molecular weight excluding hydrogens is 132 g/mol. The molecule has 3 unspecified atom stereocenters. The Hall–Kier alpha value is 0. The molecule has 0 amide bonds. The van der Waals surface area contributed by atoms with Crippen molar-refractivity contribution in [1.82, 2.24) is 0 Å². The Balaban J connectivity index is 1.89. The van der Waals surface area contributed by atoms with Crippen LogP contribution in [-0.4, -0.2) is 0 Å². The van der Waals surface area contributed by atoms with E-state index in [0.717, 1.165) is 5.41 Å². The molecule has 0 heterocycles. The van der Waals surface area contributed by atoms with Crippen molar-refractivity contribution < 1.29 is 0 Å². The molecule has 3 atom stereocenters. The summed E-state index contributed by atoms with van der Waals surface area (Å²) in [5.74, 6) is 2.38. The molecule has 0 saturated heterocycles. The van der Waals surface area contributed by atoms with Gasteiger partial charge in [-0.05, 0) is 42.9 Å². The van der Waals surface area contributed by atoms with Crippen LogP contribution in [0.1, 0.15) is 51.4 Å². The van der Waals surface area contributed by atoms with E-state index in [0.29, 0.717) is 0 Å². The summed E-state index contributed by atoms with van der Waals surface area (Å²) in [6.45, 7) is 0. The fourth-order valence-corrected chi connectivity index (χ4v) is 4.26. The number of hydrogen-bond donors (Lipinski definition) is 0. The van der Waals surface area contributed by atoms with E-state index in [1.165, 1.54) is 11.8 Å². The van der Waals surface area contributed by atoms with Gasteiger partial charge < -0.3 is 0 Å². The Labute approximate surface area is 69.4 Å². The summed E-state index contributed by atoms with van der Waals surface area (Å²) < 4.78 is 0. The zero-order valence-electron chi connectivity index (χ0n) is 7.31. The molecule has 11 heavy (non-hydrogen) atoms. The number of hydrogen-bond acceptors (Lipinski definition) is 0. The molecule has 0 nitrogen and oxygen atoms in total. The van der Waals surface area contributed by atoms with Crippen molar-refractivity contribution in [3.05, 3.63) is 0 Å². The van der Waals surface area contributed by atoms with Crippen LogP contribution in [0, 0.1) is 17.3 Å². The molecule has 4 rings (SSSR count). The van der Waals surface area contributed by atoms with Gasteiger partial charge >= 0.3 is 0 Å². The third-order valence-electron chi connectivity index (χ3n) is 4.71. The van der Waals surface area contributed by atoms with Gasteiger partial charge in [-0.3, -0.25) is 0 Å². The Morgan fingerprint density at radius 2 is 1.82 bits per heavy atom. The van der Waals surface area contributed by atoms with Gasteiger partial charge in [0.15, 0.2) is 0 Å². The van der Waals surface area contributed by atoms with E-state index in [1.807, 2.05) is 0 Å². The lowest BCUT2D eigenvalue weighted by Gasteiger charge is -2.50.